The topological polar surface area (TPSA) is 81.4 Å². The lowest BCUT2D eigenvalue weighted by Crippen LogP contribution is -2.23. The van der Waals surface area contributed by atoms with Crippen LogP contribution in [0, 0.1) is 0 Å². The summed E-state index contributed by atoms with van der Waals surface area (Å²) in [7, 11) is 1.42. The minimum atomic E-state index is -0.971. The summed E-state index contributed by atoms with van der Waals surface area (Å²) >= 11 is 0. The maximum atomic E-state index is 11.2. The Morgan fingerprint density at radius 1 is 1.64 bits per heavy atom. The molecule has 0 saturated heterocycles. The van der Waals surface area contributed by atoms with Gasteiger partial charge in [0, 0.05) is 12.1 Å². The van der Waals surface area contributed by atoms with Gasteiger partial charge in [0.1, 0.15) is 0 Å². The van der Waals surface area contributed by atoms with E-state index in [4.69, 9.17) is 9.84 Å². The Kier molecular flexibility index (Phi) is 3.22. The summed E-state index contributed by atoms with van der Waals surface area (Å²) < 4.78 is 5.86. The molecule has 1 heterocycles. The summed E-state index contributed by atoms with van der Waals surface area (Å²) in [4.78, 5) is 21.4. The highest BCUT2D eigenvalue weighted by Crippen LogP contribution is 1.99. The lowest BCUT2D eigenvalue weighted by atomic mass is 10.4. The zero-order valence-corrected chi connectivity index (χ0v) is 7.64. The number of aromatic nitrogens is 2. The van der Waals surface area contributed by atoms with Gasteiger partial charge in [-0.25, -0.2) is 4.68 Å². The van der Waals surface area contributed by atoms with Gasteiger partial charge in [0.2, 0.25) is 5.88 Å². The summed E-state index contributed by atoms with van der Waals surface area (Å²) in [5.74, 6) is -0.684. The first-order chi connectivity index (χ1) is 6.63. The predicted molar refractivity (Wildman–Crippen MR) is 47.3 cm³/mol. The zero-order chi connectivity index (χ0) is 10.6. The minimum absolute atomic E-state index is 0.0470. The van der Waals surface area contributed by atoms with Gasteiger partial charge in [0.05, 0.1) is 20.1 Å². The second-order valence-electron chi connectivity index (χ2n) is 2.58. The number of aliphatic carboxylic acids is 1. The third-order valence-electron chi connectivity index (χ3n) is 1.59. The molecule has 0 radical (unpaired) electrons. The van der Waals surface area contributed by atoms with E-state index in [1.807, 2.05) is 0 Å². The highest BCUT2D eigenvalue weighted by molar-refractivity contribution is 5.66. The molecule has 0 saturated carbocycles. The van der Waals surface area contributed by atoms with Crippen LogP contribution in [0.2, 0.25) is 0 Å². The number of aryl methyl sites for hydroxylation is 1. The molecule has 0 fully saturated rings. The number of ether oxygens (including phenoxy) is 1. The van der Waals surface area contributed by atoms with E-state index in [0.717, 1.165) is 4.68 Å². The van der Waals surface area contributed by atoms with Gasteiger partial charge in [0.25, 0.3) is 5.56 Å². The van der Waals surface area contributed by atoms with Crippen molar-refractivity contribution in [3.63, 3.8) is 0 Å². The van der Waals surface area contributed by atoms with Gasteiger partial charge in [-0.2, -0.15) is 0 Å². The van der Waals surface area contributed by atoms with E-state index in [9.17, 15) is 9.59 Å². The highest BCUT2D eigenvalue weighted by Gasteiger charge is 2.02. The zero-order valence-electron chi connectivity index (χ0n) is 7.64. The molecule has 6 heteroatoms. The van der Waals surface area contributed by atoms with Crippen LogP contribution < -0.4 is 10.3 Å². The van der Waals surface area contributed by atoms with Gasteiger partial charge in [-0.3, -0.25) is 9.59 Å². The van der Waals surface area contributed by atoms with E-state index >= 15 is 0 Å². The van der Waals surface area contributed by atoms with Gasteiger partial charge in [-0.15, -0.1) is 5.10 Å². The molecule has 0 bridgehead atoms. The van der Waals surface area contributed by atoms with E-state index in [0.29, 0.717) is 0 Å². The number of hydrogen-bond donors (Lipinski definition) is 1. The van der Waals surface area contributed by atoms with Crippen molar-refractivity contribution < 1.29 is 14.6 Å². The fourth-order valence-electron chi connectivity index (χ4n) is 0.901. The molecule has 76 valence electrons. The maximum Gasteiger partial charge on any atom is 0.305 e. The average Bonchev–Trinajstić information content (AvgIpc) is 2.16. The lowest BCUT2D eigenvalue weighted by molar-refractivity contribution is -0.137. The maximum absolute atomic E-state index is 11.2. The van der Waals surface area contributed by atoms with Crippen molar-refractivity contribution in [2.75, 3.05) is 7.11 Å². The van der Waals surface area contributed by atoms with Crippen LogP contribution in [0.3, 0.4) is 0 Å². The van der Waals surface area contributed by atoms with Crippen LogP contribution >= 0.6 is 0 Å². The van der Waals surface area contributed by atoms with Crippen molar-refractivity contribution in [3.05, 3.63) is 22.5 Å². The quantitative estimate of drug-likeness (QED) is 0.720. The van der Waals surface area contributed by atoms with Gasteiger partial charge >= 0.3 is 5.97 Å². The monoisotopic (exact) mass is 198 g/mol. The van der Waals surface area contributed by atoms with Crippen LogP contribution in [0.25, 0.3) is 0 Å². The first-order valence-corrected chi connectivity index (χ1v) is 3.97. The highest BCUT2D eigenvalue weighted by atomic mass is 16.5. The van der Waals surface area contributed by atoms with E-state index in [1.54, 1.807) is 0 Å². The van der Waals surface area contributed by atoms with Crippen molar-refractivity contribution in [3.8, 4) is 5.88 Å². The summed E-state index contributed by atoms with van der Waals surface area (Å²) in [5.41, 5.74) is -0.341. The van der Waals surface area contributed by atoms with Gasteiger partial charge < -0.3 is 9.84 Å². The average molecular weight is 198 g/mol. The molecule has 6 nitrogen and oxygen atoms in total. The molecule has 1 aromatic heterocycles. The molecule has 1 aromatic rings. The molecular formula is C8H10N2O4. The van der Waals surface area contributed by atoms with Gasteiger partial charge in [-0.05, 0) is 0 Å². The van der Waals surface area contributed by atoms with E-state index in [1.165, 1.54) is 19.2 Å². The molecule has 0 aliphatic rings. The molecule has 0 aliphatic heterocycles. The summed E-state index contributed by atoms with van der Waals surface area (Å²) in [5, 5.41) is 12.2. The summed E-state index contributed by atoms with van der Waals surface area (Å²) in [6.45, 7) is 0.0470. The molecule has 0 amide bonds. The second kappa shape index (κ2) is 4.40. The molecule has 0 atom stereocenters. The fourth-order valence-corrected chi connectivity index (χ4v) is 0.901. The Morgan fingerprint density at radius 3 is 2.93 bits per heavy atom. The first kappa shape index (κ1) is 10.2. The lowest BCUT2D eigenvalue weighted by Gasteiger charge is -2.03. The second-order valence-corrected chi connectivity index (χ2v) is 2.58. The van der Waals surface area contributed by atoms with Gasteiger partial charge in [0.15, 0.2) is 0 Å². The Bertz CT molecular complexity index is 385. The molecule has 0 aromatic carbocycles. The fraction of sp³-hybridized carbons (Fsp3) is 0.375. The SMILES string of the molecule is COc1ccc(=O)n(CCC(=O)O)n1. The van der Waals surface area contributed by atoms with Crippen LogP contribution in [0.15, 0.2) is 16.9 Å². The van der Waals surface area contributed by atoms with E-state index < -0.39 is 5.97 Å². The Morgan fingerprint density at radius 2 is 2.36 bits per heavy atom. The Labute approximate surface area is 79.7 Å². The molecule has 0 unspecified atom stereocenters. The van der Waals surface area contributed by atoms with Gasteiger partial charge in [-0.1, -0.05) is 0 Å². The van der Waals surface area contributed by atoms with Crippen molar-refractivity contribution in [1.82, 2.24) is 9.78 Å². The number of rotatable bonds is 4. The third kappa shape index (κ3) is 2.58. The van der Waals surface area contributed by atoms with Crippen molar-refractivity contribution in [2.45, 2.75) is 13.0 Å². The van der Waals surface area contributed by atoms with Crippen LogP contribution in [0.1, 0.15) is 6.42 Å². The Hall–Kier alpha value is -1.85. The summed E-state index contributed by atoms with van der Waals surface area (Å²) in [6, 6.07) is 2.72. The number of methoxy groups -OCH3 is 1. The van der Waals surface area contributed by atoms with Crippen LogP contribution in [0.4, 0.5) is 0 Å². The minimum Gasteiger partial charge on any atom is -0.481 e. The van der Waals surface area contributed by atoms with Crippen LogP contribution in [-0.2, 0) is 11.3 Å². The number of carboxylic acids is 1. The van der Waals surface area contributed by atoms with Crippen molar-refractivity contribution in [2.24, 2.45) is 0 Å². The van der Waals surface area contributed by atoms with Crippen molar-refractivity contribution >= 4 is 5.97 Å². The number of carbonyl (C=O) groups is 1. The molecule has 1 N–H and O–H groups in total. The standard InChI is InChI=1S/C8H10N2O4/c1-14-6-2-3-7(11)10(9-6)5-4-8(12)13/h2-3H,4-5H2,1H3,(H,12,13). The molecule has 1 rings (SSSR count). The largest absolute Gasteiger partial charge is 0.481 e. The molecule has 0 aliphatic carbocycles. The van der Waals surface area contributed by atoms with Crippen LogP contribution in [0.5, 0.6) is 5.88 Å². The number of nitrogens with zero attached hydrogens (tertiary/aromatic N) is 2. The smallest absolute Gasteiger partial charge is 0.305 e. The predicted octanol–water partition coefficient (Wildman–Crippen LogP) is -0.273. The van der Waals surface area contributed by atoms with Crippen LogP contribution in [-0.4, -0.2) is 28.0 Å². The number of hydrogen-bond acceptors (Lipinski definition) is 4. The van der Waals surface area contributed by atoms with Crippen molar-refractivity contribution in [1.29, 1.82) is 0 Å². The van der Waals surface area contributed by atoms with E-state index in [2.05, 4.69) is 5.10 Å². The number of carboxylic acid groups (broad SMARTS) is 1. The van der Waals surface area contributed by atoms with E-state index in [-0.39, 0.29) is 24.4 Å². The molecule has 0 spiro atoms. The summed E-state index contributed by atoms with van der Waals surface area (Å²) in [6.07, 6.45) is -0.139. The first-order valence-electron chi connectivity index (χ1n) is 3.97. The Balaban J connectivity index is 2.84. The molecule has 14 heavy (non-hydrogen) atoms. The third-order valence-corrected chi connectivity index (χ3v) is 1.59. The molecular weight excluding hydrogens is 188 g/mol. The normalized spacial score (nSPS) is 9.79.